The molecule has 4 saturated carbocycles. The topological polar surface area (TPSA) is 232 Å². The maximum atomic E-state index is 14.1. The summed E-state index contributed by atoms with van der Waals surface area (Å²) in [6.45, 7) is 17.3. The van der Waals surface area contributed by atoms with Gasteiger partial charge in [-0.05, 0) is 113 Å². The summed E-state index contributed by atoms with van der Waals surface area (Å²) >= 11 is 0. The zero-order chi connectivity index (χ0) is 59.2. The van der Waals surface area contributed by atoms with Gasteiger partial charge in [0, 0.05) is 31.6 Å². The van der Waals surface area contributed by atoms with E-state index in [0.717, 1.165) is 0 Å². The lowest BCUT2D eigenvalue weighted by Gasteiger charge is -2.62. The van der Waals surface area contributed by atoms with Gasteiger partial charge in [-0.2, -0.15) is 17.6 Å². The number of carbonyl (C=O) groups excluding carboxylic acids is 6. The Morgan fingerprint density at radius 2 is 1.23 bits per heavy atom. The van der Waals surface area contributed by atoms with Crippen LogP contribution in [0.3, 0.4) is 0 Å². The largest absolute Gasteiger partial charge is 0.511 e. The summed E-state index contributed by atoms with van der Waals surface area (Å²) in [5.74, 6) is -15.8. The maximum Gasteiger partial charge on any atom is 0.511 e. The molecule has 11 unspecified atom stereocenters. The Morgan fingerprint density at radius 1 is 0.675 bits per heavy atom. The third-order valence-electron chi connectivity index (χ3n) is 17.7. The molecule has 0 aromatic heterocycles. The fourth-order valence-corrected chi connectivity index (χ4v) is 11.0. The molecule has 1 spiro atoms. The summed E-state index contributed by atoms with van der Waals surface area (Å²) in [6, 6.07) is 8.68. The number of fused-ring (bicyclic) bond motifs is 3. The highest BCUT2D eigenvalue weighted by Crippen LogP contribution is 2.66. The van der Waals surface area contributed by atoms with Gasteiger partial charge in [0.05, 0.1) is 28.3 Å². The summed E-state index contributed by atoms with van der Waals surface area (Å²) in [4.78, 5) is 73.6. The van der Waals surface area contributed by atoms with Crippen LogP contribution in [0.5, 0.6) is 0 Å². The molecule has 20 nitrogen and oxygen atoms in total. The van der Waals surface area contributed by atoms with E-state index in [2.05, 4.69) is 0 Å². The smallest absolute Gasteiger partial charge is 0.462 e. The Morgan fingerprint density at radius 3 is 1.77 bits per heavy atom. The number of carbonyl (C=O) groups is 6. The lowest BCUT2D eigenvalue weighted by Crippen LogP contribution is -2.65. The molecule has 80 heavy (non-hydrogen) atoms. The van der Waals surface area contributed by atoms with Crippen LogP contribution in [0.2, 0.25) is 0 Å². The van der Waals surface area contributed by atoms with E-state index in [9.17, 15) is 46.3 Å². The Hall–Kier alpha value is -4.72. The lowest BCUT2D eigenvalue weighted by molar-refractivity contribution is -0.432. The maximum absolute atomic E-state index is 14.1. The molecule has 4 aliphatic carbocycles. The molecule has 4 bridgehead atoms. The molecular formula is C56H78F4O20. The van der Waals surface area contributed by atoms with Gasteiger partial charge in [-0.1, -0.05) is 51.1 Å². The van der Waals surface area contributed by atoms with E-state index in [1.165, 1.54) is 14.2 Å². The summed E-state index contributed by atoms with van der Waals surface area (Å²) in [5, 5.41) is 0. The minimum absolute atomic E-state index is 0.0823. The van der Waals surface area contributed by atoms with Crippen LogP contribution < -0.4 is 0 Å². The molecule has 1 aromatic rings. The number of benzene rings is 1. The van der Waals surface area contributed by atoms with E-state index >= 15 is 0 Å². The van der Waals surface area contributed by atoms with Crippen LogP contribution in [0.4, 0.5) is 22.4 Å². The molecule has 11 atom stereocenters. The first-order chi connectivity index (χ1) is 37.2. The summed E-state index contributed by atoms with van der Waals surface area (Å²) in [7, 11) is 3.06. The van der Waals surface area contributed by atoms with Crippen molar-refractivity contribution in [1.29, 1.82) is 0 Å². The predicted molar refractivity (Wildman–Crippen MR) is 266 cm³/mol. The third-order valence-corrected chi connectivity index (χ3v) is 17.7. The van der Waals surface area contributed by atoms with Gasteiger partial charge in [0.1, 0.15) is 25.9 Å². The zero-order valence-corrected chi connectivity index (χ0v) is 47.8. The van der Waals surface area contributed by atoms with Gasteiger partial charge in [0.15, 0.2) is 18.0 Å². The molecule has 0 amide bonds. The van der Waals surface area contributed by atoms with Crippen LogP contribution in [-0.2, 0) is 90.3 Å². The van der Waals surface area contributed by atoms with Crippen molar-refractivity contribution in [3.8, 4) is 0 Å². The van der Waals surface area contributed by atoms with E-state index in [-0.39, 0.29) is 37.9 Å². The second kappa shape index (κ2) is 23.1. The van der Waals surface area contributed by atoms with Gasteiger partial charge in [-0.3, -0.25) is 19.2 Å². The molecule has 1 aromatic carbocycles. The number of ether oxygens (including phenoxy) is 14. The Labute approximate surface area is 463 Å². The summed E-state index contributed by atoms with van der Waals surface area (Å²) < 4.78 is 132. The highest BCUT2D eigenvalue weighted by molar-refractivity contribution is 5.84. The van der Waals surface area contributed by atoms with Crippen LogP contribution in [-0.4, -0.2) is 143 Å². The van der Waals surface area contributed by atoms with E-state index in [0.29, 0.717) is 44.1 Å². The Kier molecular flexibility index (Phi) is 18.2. The van der Waals surface area contributed by atoms with Crippen molar-refractivity contribution in [1.82, 2.24) is 0 Å². The van der Waals surface area contributed by atoms with Gasteiger partial charge in [0.25, 0.3) is 6.29 Å². The molecule has 450 valence electrons. The number of hydrogen-bond donors (Lipinski definition) is 0. The first-order valence-electron chi connectivity index (χ1n) is 27.2. The highest BCUT2D eigenvalue weighted by Gasteiger charge is 2.71. The number of alkyl halides is 4. The fourth-order valence-electron chi connectivity index (χ4n) is 11.0. The fraction of sp³-hybridized carbons (Fsp3) is 0.786. The lowest BCUT2D eigenvalue weighted by atomic mass is 9.47. The SMILES string of the molecule is CCC(C)(C)C(=O)OC(OC(=O)C12CC3CC(C1)C1(OCC(F)(F)C(F)(F)CO1)C(C3)C2)c1ccccc1.CCC(C)(C)C(=O)OC1C(=O)OC2C3OC(=O)OC3OC12.CCC(C)(C)C(=O)OCC1COC(C)(OC)C(C)(OC)O1. The Bertz CT molecular complexity index is 2400. The standard InChI is InChI=1S/C28H34F4O6.C15H28O6.C13H16O8/c1-4-24(2,3)22(33)37-21(18-8-6-5-7-9-18)38-23(34)25-12-17-10-19(13-25)28(20(11-17)14-25)35-15-26(29,30)27(31,32)16-36-28;1-8-13(2,3)12(16)19-9-11-10-20-14(4,17-6)15(5,18-7)21-11;1-4-13(2,3)11(15)19-7-5-6(17-9(7)14)8-10(18-5)21-12(16)20-8/h5-9,17,19-21H,4,10-16H2,1-3H3;11H,8-10H2,1-7H3;5-8,10H,4H2,1-3H3. The summed E-state index contributed by atoms with van der Waals surface area (Å²) in [5.41, 5.74) is -2.46. The average Bonchev–Trinajstić information content (AvgIpc) is 4.06. The van der Waals surface area contributed by atoms with E-state index in [4.69, 9.17) is 66.3 Å². The van der Waals surface area contributed by atoms with Gasteiger partial charge in [-0.15, -0.1) is 0 Å². The van der Waals surface area contributed by atoms with Crippen molar-refractivity contribution in [3.05, 3.63) is 35.9 Å². The van der Waals surface area contributed by atoms with Crippen molar-refractivity contribution in [2.45, 2.75) is 200 Å². The van der Waals surface area contributed by atoms with E-state index < -0.39 is 149 Å². The van der Waals surface area contributed by atoms with Crippen LogP contribution in [0, 0.1) is 39.4 Å². The van der Waals surface area contributed by atoms with Crippen molar-refractivity contribution in [2.24, 2.45) is 39.4 Å². The molecule has 5 saturated heterocycles. The van der Waals surface area contributed by atoms with Gasteiger partial charge in [0.2, 0.25) is 30.1 Å². The number of esters is 5. The number of hydrogen-bond acceptors (Lipinski definition) is 20. The van der Waals surface area contributed by atoms with Crippen molar-refractivity contribution >= 4 is 36.0 Å². The van der Waals surface area contributed by atoms with Crippen molar-refractivity contribution in [2.75, 3.05) is 40.6 Å². The number of methoxy groups -OCH3 is 2. The predicted octanol–water partition coefficient (Wildman–Crippen LogP) is 8.67. The monoisotopic (exact) mass is 1150 g/mol. The molecule has 0 N–H and O–H groups in total. The van der Waals surface area contributed by atoms with Crippen LogP contribution in [0.1, 0.15) is 139 Å². The van der Waals surface area contributed by atoms with Crippen molar-refractivity contribution in [3.63, 3.8) is 0 Å². The van der Waals surface area contributed by atoms with E-state index in [1.807, 2.05) is 34.6 Å². The molecule has 9 fully saturated rings. The first kappa shape index (κ1) is 62.9. The third kappa shape index (κ3) is 12.2. The molecule has 9 aliphatic rings. The highest BCUT2D eigenvalue weighted by atomic mass is 19.3. The van der Waals surface area contributed by atoms with Crippen LogP contribution >= 0.6 is 0 Å². The number of rotatable bonds is 15. The minimum Gasteiger partial charge on any atom is -0.462 e. The zero-order valence-electron chi connectivity index (χ0n) is 47.8. The molecule has 0 radical (unpaired) electrons. The number of halogens is 4. The average molecular weight is 1150 g/mol. The van der Waals surface area contributed by atoms with Gasteiger partial charge < -0.3 is 66.3 Å². The molecule has 5 aliphatic heterocycles. The normalized spacial score (nSPS) is 34.5. The Balaban J connectivity index is 0.000000188. The molecule has 10 rings (SSSR count). The second-order valence-electron chi connectivity index (χ2n) is 24.2. The molecule has 24 heteroatoms. The van der Waals surface area contributed by atoms with Crippen LogP contribution in [0.15, 0.2) is 30.3 Å². The summed E-state index contributed by atoms with van der Waals surface area (Å²) in [6.07, 6.45) is -3.26. The van der Waals surface area contributed by atoms with Gasteiger partial charge >= 0.3 is 47.8 Å². The first-order valence-corrected chi connectivity index (χ1v) is 27.2. The minimum atomic E-state index is -4.35. The quantitative estimate of drug-likeness (QED) is 0.0691. The van der Waals surface area contributed by atoms with Gasteiger partial charge in [-0.25, -0.2) is 9.59 Å². The molecule has 5 heterocycles. The second-order valence-corrected chi connectivity index (χ2v) is 24.2. The van der Waals surface area contributed by atoms with Crippen LogP contribution in [0.25, 0.3) is 0 Å². The molecular weight excluding hydrogens is 1070 g/mol. The van der Waals surface area contributed by atoms with E-state index in [1.54, 1.807) is 71.9 Å². The van der Waals surface area contributed by atoms with Crippen molar-refractivity contribution < 1.29 is 113 Å².